The molecule has 0 bridgehead atoms. The average Bonchev–Trinajstić information content (AvgIpc) is 2.38. The van der Waals surface area contributed by atoms with Crippen molar-refractivity contribution in [1.82, 2.24) is 10.2 Å². The standard InChI is InChI=1S/C15H26N2/c1-3-17(13-9-5-8-12-16-2)14-15-10-6-4-7-11-15/h4,6-7,10-11,16H,3,5,8-9,12-14H2,1-2H3. The number of hydrogen-bond acceptors (Lipinski definition) is 2. The Morgan fingerprint density at radius 1 is 1.06 bits per heavy atom. The molecule has 1 rings (SSSR count). The molecule has 1 N–H and O–H groups in total. The van der Waals surface area contributed by atoms with Gasteiger partial charge in [-0.15, -0.1) is 0 Å². The molecule has 0 amide bonds. The Balaban J connectivity index is 2.20. The Bertz CT molecular complexity index is 272. The lowest BCUT2D eigenvalue weighted by molar-refractivity contribution is 0.273. The van der Waals surface area contributed by atoms with Crippen LogP contribution in [0.1, 0.15) is 31.7 Å². The van der Waals surface area contributed by atoms with Crippen LogP contribution in [0.4, 0.5) is 0 Å². The van der Waals surface area contributed by atoms with E-state index in [1.165, 1.54) is 31.4 Å². The average molecular weight is 234 g/mol. The first kappa shape index (κ1) is 14.2. The van der Waals surface area contributed by atoms with Gasteiger partial charge in [0.25, 0.3) is 0 Å². The maximum atomic E-state index is 3.20. The Morgan fingerprint density at radius 2 is 1.82 bits per heavy atom. The van der Waals surface area contributed by atoms with E-state index in [0.29, 0.717) is 0 Å². The van der Waals surface area contributed by atoms with E-state index >= 15 is 0 Å². The minimum atomic E-state index is 1.09. The van der Waals surface area contributed by atoms with Crippen LogP contribution in [0.3, 0.4) is 0 Å². The van der Waals surface area contributed by atoms with E-state index in [1.807, 2.05) is 7.05 Å². The van der Waals surface area contributed by atoms with Crippen LogP contribution in [-0.4, -0.2) is 31.6 Å². The van der Waals surface area contributed by atoms with Gasteiger partial charge in [-0.3, -0.25) is 4.90 Å². The smallest absolute Gasteiger partial charge is 0.0233 e. The lowest BCUT2D eigenvalue weighted by Gasteiger charge is -2.20. The van der Waals surface area contributed by atoms with E-state index in [1.54, 1.807) is 0 Å². The highest BCUT2D eigenvalue weighted by molar-refractivity contribution is 5.14. The summed E-state index contributed by atoms with van der Waals surface area (Å²) in [6.45, 7) is 6.83. The van der Waals surface area contributed by atoms with E-state index in [4.69, 9.17) is 0 Å². The summed E-state index contributed by atoms with van der Waals surface area (Å²) in [4.78, 5) is 2.52. The fraction of sp³-hybridized carbons (Fsp3) is 0.600. The number of nitrogens with one attached hydrogen (secondary N) is 1. The Labute approximate surface area is 106 Å². The van der Waals surface area contributed by atoms with Crippen molar-refractivity contribution >= 4 is 0 Å². The van der Waals surface area contributed by atoms with Gasteiger partial charge in [-0.2, -0.15) is 0 Å². The SMILES string of the molecule is CCN(CCCCCNC)Cc1ccccc1. The summed E-state index contributed by atoms with van der Waals surface area (Å²) < 4.78 is 0. The van der Waals surface area contributed by atoms with Gasteiger partial charge in [-0.25, -0.2) is 0 Å². The maximum absolute atomic E-state index is 3.20. The molecule has 0 aromatic heterocycles. The minimum Gasteiger partial charge on any atom is -0.320 e. The largest absolute Gasteiger partial charge is 0.320 e. The first-order chi connectivity index (χ1) is 8.36. The highest BCUT2D eigenvalue weighted by atomic mass is 15.1. The van der Waals surface area contributed by atoms with E-state index < -0.39 is 0 Å². The molecule has 0 atom stereocenters. The number of nitrogens with zero attached hydrogens (tertiary/aromatic N) is 1. The first-order valence-corrected chi connectivity index (χ1v) is 6.77. The summed E-state index contributed by atoms with van der Waals surface area (Å²) in [5, 5.41) is 3.20. The lowest BCUT2D eigenvalue weighted by Crippen LogP contribution is -2.24. The van der Waals surface area contributed by atoms with Gasteiger partial charge >= 0.3 is 0 Å². The van der Waals surface area contributed by atoms with Crippen molar-refractivity contribution in [3.05, 3.63) is 35.9 Å². The van der Waals surface area contributed by atoms with Crippen molar-refractivity contribution in [3.8, 4) is 0 Å². The summed E-state index contributed by atoms with van der Waals surface area (Å²) in [5.41, 5.74) is 1.42. The molecule has 0 heterocycles. The quantitative estimate of drug-likeness (QED) is 0.661. The van der Waals surface area contributed by atoms with Gasteiger partial charge in [0.15, 0.2) is 0 Å². The molecule has 1 aromatic rings. The number of unbranched alkanes of at least 4 members (excludes halogenated alkanes) is 2. The zero-order valence-corrected chi connectivity index (χ0v) is 11.3. The molecule has 0 saturated heterocycles. The van der Waals surface area contributed by atoms with Gasteiger partial charge in [0.2, 0.25) is 0 Å². The summed E-state index contributed by atoms with van der Waals surface area (Å²) in [6.07, 6.45) is 3.92. The number of hydrogen-bond donors (Lipinski definition) is 1. The molecular weight excluding hydrogens is 208 g/mol. The molecule has 0 unspecified atom stereocenters. The van der Waals surface area contributed by atoms with Gasteiger partial charge in [-0.1, -0.05) is 43.7 Å². The second-order valence-electron chi connectivity index (χ2n) is 4.52. The molecule has 2 nitrogen and oxygen atoms in total. The topological polar surface area (TPSA) is 15.3 Å². The highest BCUT2D eigenvalue weighted by Gasteiger charge is 2.02. The number of rotatable bonds is 9. The van der Waals surface area contributed by atoms with Crippen molar-refractivity contribution in [2.24, 2.45) is 0 Å². The predicted octanol–water partition coefficient (Wildman–Crippen LogP) is 2.90. The van der Waals surface area contributed by atoms with Crippen LogP contribution >= 0.6 is 0 Å². The molecule has 96 valence electrons. The van der Waals surface area contributed by atoms with Crippen LogP contribution in [0, 0.1) is 0 Å². The van der Waals surface area contributed by atoms with E-state index in [9.17, 15) is 0 Å². The van der Waals surface area contributed by atoms with E-state index in [0.717, 1.165) is 19.6 Å². The molecule has 0 aliphatic rings. The molecule has 0 aliphatic carbocycles. The number of benzene rings is 1. The Hall–Kier alpha value is -0.860. The molecule has 0 radical (unpaired) electrons. The van der Waals surface area contributed by atoms with E-state index in [-0.39, 0.29) is 0 Å². The zero-order valence-electron chi connectivity index (χ0n) is 11.3. The molecule has 17 heavy (non-hydrogen) atoms. The molecule has 0 spiro atoms. The van der Waals surface area contributed by atoms with Crippen LogP contribution in [0.25, 0.3) is 0 Å². The molecule has 1 aromatic carbocycles. The third-order valence-corrected chi connectivity index (χ3v) is 3.10. The predicted molar refractivity (Wildman–Crippen MR) is 75.2 cm³/mol. The van der Waals surface area contributed by atoms with Gasteiger partial charge in [-0.05, 0) is 45.1 Å². The minimum absolute atomic E-state index is 1.09. The zero-order chi connectivity index (χ0) is 12.3. The van der Waals surface area contributed by atoms with Crippen molar-refractivity contribution < 1.29 is 0 Å². The van der Waals surface area contributed by atoms with Crippen LogP contribution in [0.5, 0.6) is 0 Å². The van der Waals surface area contributed by atoms with Crippen molar-refractivity contribution in [2.75, 3.05) is 26.7 Å². The normalized spacial score (nSPS) is 11.0. The summed E-state index contributed by atoms with van der Waals surface area (Å²) in [6, 6.07) is 10.7. The Morgan fingerprint density at radius 3 is 2.47 bits per heavy atom. The fourth-order valence-corrected chi connectivity index (χ4v) is 2.00. The van der Waals surface area contributed by atoms with Gasteiger partial charge in [0.05, 0.1) is 0 Å². The Kier molecular flexibility index (Phi) is 7.69. The molecule has 0 aliphatic heterocycles. The second-order valence-corrected chi connectivity index (χ2v) is 4.52. The maximum Gasteiger partial charge on any atom is 0.0233 e. The fourth-order valence-electron chi connectivity index (χ4n) is 2.00. The van der Waals surface area contributed by atoms with Crippen molar-refractivity contribution in [3.63, 3.8) is 0 Å². The third-order valence-electron chi connectivity index (χ3n) is 3.10. The molecule has 2 heteroatoms. The second kappa shape index (κ2) is 9.20. The summed E-state index contributed by atoms with van der Waals surface area (Å²) >= 11 is 0. The third kappa shape index (κ3) is 6.44. The molecular formula is C15H26N2. The summed E-state index contributed by atoms with van der Waals surface area (Å²) in [5.74, 6) is 0. The lowest BCUT2D eigenvalue weighted by atomic mass is 10.2. The van der Waals surface area contributed by atoms with Gasteiger partial charge in [0, 0.05) is 6.54 Å². The monoisotopic (exact) mass is 234 g/mol. The van der Waals surface area contributed by atoms with Crippen LogP contribution in [0.2, 0.25) is 0 Å². The highest BCUT2D eigenvalue weighted by Crippen LogP contribution is 2.06. The van der Waals surface area contributed by atoms with Crippen LogP contribution < -0.4 is 5.32 Å². The summed E-state index contributed by atoms with van der Waals surface area (Å²) in [7, 11) is 2.02. The van der Waals surface area contributed by atoms with Crippen molar-refractivity contribution in [2.45, 2.75) is 32.7 Å². The van der Waals surface area contributed by atoms with Crippen molar-refractivity contribution in [1.29, 1.82) is 0 Å². The molecule has 0 fully saturated rings. The molecule has 0 saturated carbocycles. The van der Waals surface area contributed by atoms with Gasteiger partial charge < -0.3 is 5.32 Å². The first-order valence-electron chi connectivity index (χ1n) is 6.77. The van der Waals surface area contributed by atoms with Crippen LogP contribution in [0.15, 0.2) is 30.3 Å². The van der Waals surface area contributed by atoms with Crippen LogP contribution in [-0.2, 0) is 6.54 Å². The van der Waals surface area contributed by atoms with Gasteiger partial charge in [0.1, 0.15) is 0 Å². The van der Waals surface area contributed by atoms with E-state index in [2.05, 4.69) is 47.5 Å².